The standard InChI is InChI=1S/C18H20N6O2S/c1-23-5-7-24(8-6-23)15-4-2-3-13(9-15)20-18-22-21-17(26-18)16-10-14(11-27-16)19-12-25/h2-4,9-12H,5-8H2,1H3,(H,19,25)(H,20,22). The molecule has 1 aliphatic heterocycles. The van der Waals surface area contributed by atoms with E-state index >= 15 is 0 Å². The number of carbonyl (C=O) groups is 1. The maximum absolute atomic E-state index is 10.5. The lowest BCUT2D eigenvalue weighted by Gasteiger charge is -2.34. The van der Waals surface area contributed by atoms with Gasteiger partial charge >= 0.3 is 6.01 Å². The van der Waals surface area contributed by atoms with Gasteiger partial charge in [0.1, 0.15) is 0 Å². The maximum atomic E-state index is 10.5. The van der Waals surface area contributed by atoms with E-state index in [0.29, 0.717) is 24.0 Å². The van der Waals surface area contributed by atoms with Gasteiger partial charge in [-0.05, 0) is 31.3 Å². The summed E-state index contributed by atoms with van der Waals surface area (Å²) in [6.45, 7) is 4.15. The van der Waals surface area contributed by atoms with Crippen molar-refractivity contribution in [2.45, 2.75) is 0 Å². The van der Waals surface area contributed by atoms with E-state index in [0.717, 1.165) is 36.7 Å². The maximum Gasteiger partial charge on any atom is 0.320 e. The third-order valence-electron chi connectivity index (χ3n) is 4.43. The van der Waals surface area contributed by atoms with Crippen molar-refractivity contribution in [1.82, 2.24) is 15.1 Å². The van der Waals surface area contributed by atoms with Crippen molar-refractivity contribution in [2.24, 2.45) is 0 Å². The molecule has 0 radical (unpaired) electrons. The molecule has 1 fully saturated rings. The summed E-state index contributed by atoms with van der Waals surface area (Å²) in [5.74, 6) is 0.414. The Hall–Kier alpha value is -2.91. The number of carbonyl (C=O) groups excluding carboxylic acids is 1. The number of nitrogens with one attached hydrogen (secondary N) is 2. The van der Waals surface area contributed by atoms with Crippen LogP contribution >= 0.6 is 11.3 Å². The molecule has 3 heterocycles. The van der Waals surface area contributed by atoms with Crippen molar-refractivity contribution in [3.05, 3.63) is 35.7 Å². The van der Waals surface area contributed by atoms with E-state index in [9.17, 15) is 4.79 Å². The van der Waals surface area contributed by atoms with Gasteiger partial charge in [-0.15, -0.1) is 16.4 Å². The normalized spacial score (nSPS) is 14.9. The van der Waals surface area contributed by atoms with Gasteiger partial charge in [0, 0.05) is 42.9 Å². The van der Waals surface area contributed by atoms with Crippen LogP contribution in [0.25, 0.3) is 10.8 Å². The van der Waals surface area contributed by atoms with E-state index < -0.39 is 0 Å². The Balaban J connectivity index is 1.45. The Morgan fingerprint density at radius 3 is 2.81 bits per heavy atom. The van der Waals surface area contributed by atoms with Crippen LogP contribution in [-0.4, -0.2) is 54.7 Å². The highest BCUT2D eigenvalue weighted by atomic mass is 32.1. The minimum atomic E-state index is 0.332. The second kappa shape index (κ2) is 7.77. The molecule has 0 spiro atoms. The van der Waals surface area contributed by atoms with Crippen LogP contribution in [0.2, 0.25) is 0 Å². The number of aromatic nitrogens is 2. The van der Waals surface area contributed by atoms with E-state index in [-0.39, 0.29) is 0 Å². The molecule has 1 amide bonds. The highest BCUT2D eigenvalue weighted by Crippen LogP contribution is 2.30. The summed E-state index contributed by atoms with van der Waals surface area (Å²) in [6.07, 6.45) is 0.639. The molecule has 0 atom stereocenters. The quantitative estimate of drug-likeness (QED) is 0.632. The topological polar surface area (TPSA) is 86.5 Å². The first kappa shape index (κ1) is 17.5. The Morgan fingerprint density at radius 2 is 2.00 bits per heavy atom. The summed E-state index contributed by atoms with van der Waals surface area (Å²) >= 11 is 1.43. The van der Waals surface area contributed by atoms with Gasteiger partial charge in [0.2, 0.25) is 6.41 Å². The van der Waals surface area contributed by atoms with Crippen molar-refractivity contribution in [1.29, 1.82) is 0 Å². The molecular weight excluding hydrogens is 364 g/mol. The average Bonchev–Trinajstić information content (AvgIpc) is 3.32. The van der Waals surface area contributed by atoms with Crippen LogP contribution in [0.5, 0.6) is 0 Å². The fourth-order valence-electron chi connectivity index (χ4n) is 2.93. The van der Waals surface area contributed by atoms with Crippen molar-refractivity contribution < 1.29 is 9.21 Å². The number of nitrogens with zero attached hydrogens (tertiary/aromatic N) is 4. The molecule has 0 unspecified atom stereocenters. The van der Waals surface area contributed by atoms with Gasteiger partial charge in [-0.3, -0.25) is 4.79 Å². The van der Waals surface area contributed by atoms with Gasteiger partial charge < -0.3 is 24.9 Å². The van der Waals surface area contributed by atoms with Gasteiger partial charge in [0.05, 0.1) is 10.6 Å². The lowest BCUT2D eigenvalue weighted by atomic mass is 10.2. The van der Waals surface area contributed by atoms with Crippen molar-refractivity contribution in [2.75, 3.05) is 48.8 Å². The van der Waals surface area contributed by atoms with E-state index in [1.807, 2.05) is 17.5 Å². The second-order valence-corrected chi connectivity index (χ2v) is 7.25. The molecule has 3 aromatic rings. The zero-order valence-electron chi connectivity index (χ0n) is 14.9. The van der Waals surface area contributed by atoms with Crippen LogP contribution in [0.4, 0.5) is 23.1 Å². The van der Waals surface area contributed by atoms with Crippen LogP contribution < -0.4 is 15.5 Å². The van der Waals surface area contributed by atoms with E-state index in [2.05, 4.69) is 49.8 Å². The Labute approximate surface area is 160 Å². The van der Waals surface area contributed by atoms with Crippen LogP contribution in [0, 0.1) is 0 Å². The van der Waals surface area contributed by atoms with Crippen LogP contribution in [0.15, 0.2) is 40.1 Å². The number of benzene rings is 1. The highest BCUT2D eigenvalue weighted by molar-refractivity contribution is 7.14. The third kappa shape index (κ3) is 4.09. The molecule has 1 aliphatic rings. The molecule has 0 saturated carbocycles. The van der Waals surface area contributed by atoms with Gasteiger partial charge in [0.15, 0.2) is 0 Å². The summed E-state index contributed by atoms with van der Waals surface area (Å²) in [5, 5.41) is 15.7. The van der Waals surface area contributed by atoms with Gasteiger partial charge in [0.25, 0.3) is 5.89 Å². The number of piperazine rings is 1. The van der Waals surface area contributed by atoms with E-state index in [1.54, 1.807) is 6.07 Å². The summed E-state index contributed by atoms with van der Waals surface area (Å²) < 4.78 is 5.71. The summed E-state index contributed by atoms with van der Waals surface area (Å²) in [4.78, 5) is 16.0. The zero-order valence-corrected chi connectivity index (χ0v) is 15.7. The molecule has 8 nitrogen and oxygen atoms in total. The average molecular weight is 384 g/mol. The summed E-state index contributed by atoms with van der Waals surface area (Å²) in [6, 6.07) is 10.3. The molecule has 4 rings (SSSR count). The van der Waals surface area contributed by atoms with Crippen LogP contribution in [0.1, 0.15) is 0 Å². The molecule has 0 bridgehead atoms. The molecule has 2 aromatic heterocycles. The largest absolute Gasteiger partial charge is 0.402 e. The lowest BCUT2D eigenvalue weighted by molar-refractivity contribution is -0.105. The number of amides is 1. The molecule has 0 aliphatic carbocycles. The summed E-state index contributed by atoms with van der Waals surface area (Å²) in [5.41, 5.74) is 2.78. The smallest absolute Gasteiger partial charge is 0.320 e. The van der Waals surface area contributed by atoms with E-state index in [1.165, 1.54) is 17.0 Å². The number of thiophene rings is 1. The molecule has 2 N–H and O–H groups in total. The molecule has 9 heteroatoms. The molecular formula is C18H20N6O2S. The molecule has 1 aromatic carbocycles. The van der Waals surface area contributed by atoms with Gasteiger partial charge in [-0.2, -0.15) is 0 Å². The van der Waals surface area contributed by atoms with Crippen LogP contribution in [0.3, 0.4) is 0 Å². The van der Waals surface area contributed by atoms with Crippen molar-refractivity contribution in [3.63, 3.8) is 0 Å². The van der Waals surface area contributed by atoms with Gasteiger partial charge in [-0.25, -0.2) is 0 Å². The first-order valence-corrected chi connectivity index (χ1v) is 9.52. The SMILES string of the molecule is CN1CCN(c2cccc(Nc3nnc(-c4cc(NC=O)cs4)o3)c2)CC1. The molecule has 27 heavy (non-hydrogen) atoms. The Bertz CT molecular complexity index is 916. The van der Waals surface area contributed by atoms with Crippen molar-refractivity contribution in [3.8, 4) is 10.8 Å². The first-order chi connectivity index (χ1) is 13.2. The van der Waals surface area contributed by atoms with Gasteiger partial charge in [-0.1, -0.05) is 11.2 Å². The molecule has 1 saturated heterocycles. The Morgan fingerprint density at radius 1 is 1.15 bits per heavy atom. The Kier molecular flexibility index (Phi) is 5.03. The van der Waals surface area contributed by atoms with Crippen molar-refractivity contribution >= 4 is 40.8 Å². The highest BCUT2D eigenvalue weighted by Gasteiger charge is 2.15. The number of hydrogen-bond acceptors (Lipinski definition) is 8. The minimum absolute atomic E-state index is 0.332. The number of anilines is 4. The first-order valence-electron chi connectivity index (χ1n) is 8.64. The number of rotatable bonds is 6. The second-order valence-electron chi connectivity index (χ2n) is 6.34. The number of hydrogen-bond donors (Lipinski definition) is 2. The predicted octanol–water partition coefficient (Wildman–Crippen LogP) is 2.86. The van der Waals surface area contributed by atoms with E-state index in [4.69, 9.17) is 4.42 Å². The lowest BCUT2D eigenvalue weighted by Crippen LogP contribution is -2.44. The monoisotopic (exact) mass is 384 g/mol. The number of likely N-dealkylation sites (N-methyl/N-ethyl adjacent to an activating group) is 1. The summed E-state index contributed by atoms with van der Waals surface area (Å²) in [7, 11) is 2.15. The molecule has 140 valence electrons. The fraction of sp³-hybridized carbons (Fsp3) is 0.278. The predicted molar refractivity (Wildman–Crippen MR) is 107 cm³/mol. The minimum Gasteiger partial charge on any atom is -0.402 e. The third-order valence-corrected chi connectivity index (χ3v) is 5.34. The fourth-order valence-corrected chi connectivity index (χ4v) is 3.70. The zero-order chi connectivity index (χ0) is 18.6. The van der Waals surface area contributed by atoms with Crippen LogP contribution in [-0.2, 0) is 4.79 Å².